The summed E-state index contributed by atoms with van der Waals surface area (Å²) >= 11 is 0. The van der Waals surface area contributed by atoms with Crippen molar-refractivity contribution in [2.45, 2.75) is 0 Å². The minimum atomic E-state index is -2.62. The van der Waals surface area contributed by atoms with Crippen molar-refractivity contribution in [3.05, 3.63) is 0 Å². The van der Waals surface area contributed by atoms with Crippen LogP contribution in [-0.2, 0) is 0 Å². The van der Waals surface area contributed by atoms with Crippen LogP contribution >= 0.6 is 8.60 Å². The fraction of sp³-hybridized carbons (Fsp3) is 0. The molecule has 3 nitrogen and oxygen atoms in total. The first kappa shape index (κ1) is 9.29. The summed E-state index contributed by atoms with van der Waals surface area (Å²) in [5.41, 5.74) is 0. The van der Waals surface area contributed by atoms with E-state index in [0.29, 0.717) is 0 Å². The Morgan fingerprint density at radius 3 is 1.00 bits per heavy atom. The van der Waals surface area contributed by atoms with E-state index >= 15 is 0 Å². The first-order valence-corrected chi connectivity index (χ1v) is 1.80. The Morgan fingerprint density at radius 2 is 1.00 bits per heavy atom. The van der Waals surface area contributed by atoms with E-state index in [1.807, 2.05) is 0 Å². The van der Waals surface area contributed by atoms with Gasteiger partial charge in [-0.3, -0.25) is 0 Å². The van der Waals surface area contributed by atoms with Gasteiger partial charge in [-0.1, -0.05) is 0 Å². The van der Waals surface area contributed by atoms with Crippen LogP contribution in [-0.4, -0.2) is 32.3 Å². The molecule has 30 valence electrons. The molecule has 0 aromatic rings. The topological polar surface area (TPSA) is 60.7 Å². The Hall–Kier alpha value is 0.853. The Labute approximate surface area is 41.6 Å². The molecule has 5 heteroatoms. The van der Waals surface area contributed by atoms with Gasteiger partial charge in [-0.2, -0.15) is 0 Å². The second kappa shape index (κ2) is 4.85. The fourth-order valence-electron chi connectivity index (χ4n) is 0. The Bertz CT molecular complexity index is 11.6. The quantitative estimate of drug-likeness (QED) is 0.304. The van der Waals surface area contributed by atoms with Gasteiger partial charge in [0, 0.05) is 17.6 Å². The zero-order valence-electron chi connectivity index (χ0n) is 2.29. The molecule has 0 heterocycles. The molecule has 0 fully saturated rings. The first-order chi connectivity index (χ1) is 1.73. The van der Waals surface area contributed by atoms with E-state index in [0.717, 1.165) is 0 Å². The summed E-state index contributed by atoms with van der Waals surface area (Å²) in [7, 11) is -2.62. The summed E-state index contributed by atoms with van der Waals surface area (Å²) in [4.78, 5) is 21.7. The minimum Gasteiger partial charge on any atom is -0.328 e. The van der Waals surface area contributed by atoms with Gasteiger partial charge in [0.2, 0.25) is 0 Å². The third-order valence-corrected chi connectivity index (χ3v) is 0. The van der Waals surface area contributed by atoms with Gasteiger partial charge in [0.05, 0.1) is 0 Å². The third-order valence-electron chi connectivity index (χ3n) is 0. The largest absolute Gasteiger partial charge is 0.328 e. The van der Waals surface area contributed by atoms with Crippen molar-refractivity contribution in [2.24, 2.45) is 0 Å². The zero-order valence-corrected chi connectivity index (χ0v) is 5.28. The SMILES string of the molecule is OP(O)O.[Ge]. The molecule has 0 atom stereocenters. The standard InChI is InChI=1S/Ge.H3O3P/c;1-4(2)3/h;1-3H. The van der Waals surface area contributed by atoms with Crippen LogP contribution in [0.2, 0.25) is 0 Å². The van der Waals surface area contributed by atoms with Gasteiger partial charge in [0.15, 0.2) is 0 Å². The summed E-state index contributed by atoms with van der Waals surface area (Å²) in [6, 6.07) is 0. The van der Waals surface area contributed by atoms with Crippen molar-refractivity contribution in [2.75, 3.05) is 0 Å². The average molecular weight is 155 g/mol. The van der Waals surface area contributed by atoms with Crippen molar-refractivity contribution >= 4 is 26.2 Å². The first-order valence-electron chi connectivity index (χ1n) is 0.600. The van der Waals surface area contributed by atoms with Crippen LogP contribution in [0.4, 0.5) is 0 Å². The molecule has 0 amide bonds. The van der Waals surface area contributed by atoms with E-state index in [9.17, 15) is 0 Å². The molecule has 5 heavy (non-hydrogen) atoms. The molecule has 0 unspecified atom stereocenters. The molecule has 0 aliphatic carbocycles. The van der Waals surface area contributed by atoms with Crippen molar-refractivity contribution in [1.82, 2.24) is 0 Å². The summed E-state index contributed by atoms with van der Waals surface area (Å²) in [6.07, 6.45) is 0. The molecule has 0 saturated heterocycles. The maximum absolute atomic E-state index is 7.23. The Kier molecular flexibility index (Phi) is 9.01. The molecule has 4 radical (unpaired) electrons. The zero-order chi connectivity index (χ0) is 3.58. The molecule has 0 rings (SSSR count). The molecular weight excluding hydrogens is 152 g/mol. The van der Waals surface area contributed by atoms with Crippen LogP contribution in [0.15, 0.2) is 0 Å². The van der Waals surface area contributed by atoms with Crippen LogP contribution in [0, 0.1) is 0 Å². The van der Waals surface area contributed by atoms with E-state index in [1.54, 1.807) is 0 Å². The van der Waals surface area contributed by atoms with E-state index in [-0.39, 0.29) is 17.6 Å². The summed E-state index contributed by atoms with van der Waals surface area (Å²) in [6.45, 7) is 0. The van der Waals surface area contributed by atoms with Gasteiger partial charge >= 0.3 is 8.60 Å². The second-order valence-corrected chi connectivity index (χ2v) is 0.805. The summed E-state index contributed by atoms with van der Waals surface area (Å²) < 4.78 is 0. The predicted molar refractivity (Wildman–Crippen MR) is 19.3 cm³/mol. The monoisotopic (exact) mass is 156 g/mol. The van der Waals surface area contributed by atoms with Crippen molar-refractivity contribution in [3.63, 3.8) is 0 Å². The van der Waals surface area contributed by atoms with Gasteiger partial charge in [-0.15, -0.1) is 0 Å². The molecular formula is H3GeO3P. The third kappa shape index (κ3) is 54.3. The van der Waals surface area contributed by atoms with E-state index < -0.39 is 8.60 Å². The number of hydrogen-bond acceptors (Lipinski definition) is 3. The molecule has 0 aromatic carbocycles. The maximum Gasteiger partial charge on any atom is 0.324 e. The number of hydrogen-bond donors (Lipinski definition) is 3. The average Bonchev–Trinajstić information content (AvgIpc) is 0.811. The second-order valence-electron chi connectivity index (χ2n) is 0.268. The Balaban J connectivity index is 0. The molecule has 0 aromatic heterocycles. The van der Waals surface area contributed by atoms with Gasteiger partial charge < -0.3 is 14.7 Å². The molecule has 0 aliphatic heterocycles. The van der Waals surface area contributed by atoms with Crippen LogP contribution < -0.4 is 0 Å². The van der Waals surface area contributed by atoms with Crippen molar-refractivity contribution in [3.8, 4) is 0 Å². The summed E-state index contributed by atoms with van der Waals surface area (Å²) in [5.74, 6) is 0. The van der Waals surface area contributed by atoms with Crippen molar-refractivity contribution < 1.29 is 14.7 Å². The number of rotatable bonds is 0. The van der Waals surface area contributed by atoms with Crippen LogP contribution in [0.25, 0.3) is 0 Å². The minimum absolute atomic E-state index is 0. The molecule has 0 bridgehead atoms. The Morgan fingerprint density at radius 1 is 1.00 bits per heavy atom. The maximum atomic E-state index is 7.23. The normalized spacial score (nSPS) is 7.20. The van der Waals surface area contributed by atoms with E-state index in [1.165, 1.54) is 0 Å². The molecule has 0 saturated carbocycles. The van der Waals surface area contributed by atoms with Crippen LogP contribution in [0.3, 0.4) is 0 Å². The fourth-order valence-corrected chi connectivity index (χ4v) is 0. The van der Waals surface area contributed by atoms with Gasteiger partial charge in [-0.25, -0.2) is 0 Å². The van der Waals surface area contributed by atoms with Gasteiger partial charge in [0.25, 0.3) is 0 Å². The van der Waals surface area contributed by atoms with Gasteiger partial charge in [-0.05, 0) is 0 Å². The molecule has 0 spiro atoms. The van der Waals surface area contributed by atoms with Crippen LogP contribution in [0.5, 0.6) is 0 Å². The predicted octanol–water partition coefficient (Wildman–Crippen LogP) is -1.19. The molecule has 3 N–H and O–H groups in total. The van der Waals surface area contributed by atoms with E-state index in [2.05, 4.69) is 0 Å². The van der Waals surface area contributed by atoms with Crippen LogP contribution in [0.1, 0.15) is 0 Å². The van der Waals surface area contributed by atoms with E-state index in [4.69, 9.17) is 14.7 Å². The van der Waals surface area contributed by atoms with Gasteiger partial charge in [0.1, 0.15) is 0 Å². The summed E-state index contributed by atoms with van der Waals surface area (Å²) in [5, 5.41) is 0. The smallest absolute Gasteiger partial charge is 0.324 e. The molecule has 0 aliphatic rings. The van der Waals surface area contributed by atoms with Crippen molar-refractivity contribution in [1.29, 1.82) is 0 Å².